The molecule has 0 atom stereocenters. The summed E-state index contributed by atoms with van der Waals surface area (Å²) in [5.74, 6) is -0.651. The van der Waals surface area contributed by atoms with Crippen LogP contribution in [0.25, 0.3) is 16.5 Å². The first kappa shape index (κ1) is 14.7. The van der Waals surface area contributed by atoms with Gasteiger partial charge in [0, 0.05) is 17.5 Å². The van der Waals surface area contributed by atoms with Gasteiger partial charge < -0.3 is 4.74 Å². The van der Waals surface area contributed by atoms with Gasteiger partial charge in [-0.25, -0.2) is 4.79 Å². The number of azide groups is 1. The van der Waals surface area contributed by atoms with Crippen molar-refractivity contribution in [3.8, 4) is 0 Å². The van der Waals surface area contributed by atoms with Gasteiger partial charge in [0.1, 0.15) is 5.82 Å². The molecule has 0 aliphatic heterocycles. The van der Waals surface area contributed by atoms with E-state index in [0.29, 0.717) is 0 Å². The van der Waals surface area contributed by atoms with Crippen LogP contribution in [0.5, 0.6) is 0 Å². The lowest BCUT2D eigenvalue weighted by Crippen LogP contribution is -2.15. The van der Waals surface area contributed by atoms with Crippen LogP contribution >= 0.6 is 11.6 Å². The molecule has 0 aliphatic carbocycles. The SMILES string of the molecule is COC(=O)/C(C)=C\c1c(N=[N+]=[N-])n(C)nc(Cl)c1=O. The van der Waals surface area contributed by atoms with E-state index in [1.807, 2.05) is 0 Å². The molecule has 1 aromatic heterocycles. The van der Waals surface area contributed by atoms with Crippen molar-refractivity contribution in [3.63, 3.8) is 0 Å². The van der Waals surface area contributed by atoms with E-state index in [0.717, 1.165) is 4.68 Å². The Kier molecular flexibility index (Phi) is 4.68. The van der Waals surface area contributed by atoms with Gasteiger partial charge in [0.15, 0.2) is 5.15 Å². The van der Waals surface area contributed by atoms with Crippen LogP contribution in [0.1, 0.15) is 12.5 Å². The molecule has 1 heterocycles. The number of rotatable bonds is 3. The summed E-state index contributed by atoms with van der Waals surface area (Å²) < 4.78 is 5.67. The molecule has 0 fully saturated rings. The molecule has 19 heavy (non-hydrogen) atoms. The highest BCUT2D eigenvalue weighted by Crippen LogP contribution is 2.19. The molecule has 9 heteroatoms. The van der Waals surface area contributed by atoms with Crippen molar-refractivity contribution in [2.45, 2.75) is 6.92 Å². The predicted molar refractivity (Wildman–Crippen MR) is 69.0 cm³/mol. The molecule has 0 unspecified atom stereocenters. The quantitative estimate of drug-likeness (QED) is 0.277. The van der Waals surface area contributed by atoms with Crippen molar-refractivity contribution in [2.75, 3.05) is 7.11 Å². The van der Waals surface area contributed by atoms with Crippen LogP contribution < -0.4 is 5.43 Å². The van der Waals surface area contributed by atoms with Crippen molar-refractivity contribution in [3.05, 3.63) is 37.0 Å². The first-order valence-corrected chi connectivity index (χ1v) is 5.38. The van der Waals surface area contributed by atoms with Crippen LogP contribution in [0.3, 0.4) is 0 Å². The number of esters is 1. The number of nitrogens with zero attached hydrogens (tertiary/aromatic N) is 5. The van der Waals surface area contributed by atoms with E-state index in [4.69, 9.17) is 17.1 Å². The second-order valence-corrected chi connectivity index (χ2v) is 3.85. The molecule has 0 saturated carbocycles. The van der Waals surface area contributed by atoms with Crippen LogP contribution in [-0.4, -0.2) is 22.9 Å². The Bertz CT molecular complexity index is 658. The van der Waals surface area contributed by atoms with Crippen molar-refractivity contribution in [1.29, 1.82) is 0 Å². The zero-order valence-electron chi connectivity index (χ0n) is 10.4. The van der Waals surface area contributed by atoms with Gasteiger partial charge >= 0.3 is 5.97 Å². The van der Waals surface area contributed by atoms with Crippen molar-refractivity contribution >= 4 is 29.5 Å². The Morgan fingerprint density at radius 1 is 1.63 bits per heavy atom. The summed E-state index contributed by atoms with van der Waals surface area (Å²) in [5.41, 5.74) is 7.99. The molecular formula is C10H10ClN5O3. The maximum Gasteiger partial charge on any atom is 0.333 e. The Hall–Kier alpha value is -2.31. The minimum absolute atomic E-state index is 0.0248. The monoisotopic (exact) mass is 283 g/mol. The van der Waals surface area contributed by atoms with Gasteiger partial charge in [0.25, 0.3) is 0 Å². The number of aryl methyl sites for hydroxylation is 1. The lowest BCUT2D eigenvalue weighted by Gasteiger charge is -2.07. The third-order valence-electron chi connectivity index (χ3n) is 2.22. The molecule has 0 spiro atoms. The standard InChI is InChI=1S/C10H10ClN5O3/c1-5(10(18)19-3)4-6-7(17)8(11)14-16(2)9(6)13-15-12/h4H,1-3H3/b5-4-. The van der Waals surface area contributed by atoms with E-state index < -0.39 is 11.4 Å². The maximum absolute atomic E-state index is 11.9. The molecule has 0 amide bonds. The highest BCUT2D eigenvalue weighted by molar-refractivity contribution is 6.29. The van der Waals surface area contributed by atoms with Gasteiger partial charge in [0.2, 0.25) is 5.43 Å². The van der Waals surface area contributed by atoms with Gasteiger partial charge in [0.05, 0.1) is 12.7 Å². The van der Waals surface area contributed by atoms with Crippen molar-refractivity contribution in [2.24, 2.45) is 12.2 Å². The molecule has 8 nitrogen and oxygen atoms in total. The number of carbonyl (C=O) groups excluding carboxylic acids is 1. The Balaban J connectivity index is 3.62. The lowest BCUT2D eigenvalue weighted by molar-refractivity contribution is -0.135. The molecule has 100 valence electrons. The largest absolute Gasteiger partial charge is 0.466 e. The fraction of sp³-hybridized carbons (Fsp3) is 0.300. The fourth-order valence-corrected chi connectivity index (χ4v) is 1.55. The second kappa shape index (κ2) is 6.03. The topological polar surface area (TPSA) is 110 Å². The Labute approximate surface area is 112 Å². The lowest BCUT2D eigenvalue weighted by atomic mass is 10.2. The van der Waals surface area contributed by atoms with E-state index >= 15 is 0 Å². The number of ether oxygens (including phenoxy) is 1. The first-order chi connectivity index (χ1) is 8.92. The summed E-state index contributed by atoms with van der Waals surface area (Å²) in [5, 5.41) is 6.77. The number of halogens is 1. The van der Waals surface area contributed by atoms with Crippen LogP contribution in [-0.2, 0) is 16.6 Å². The summed E-state index contributed by atoms with van der Waals surface area (Å²) in [6.45, 7) is 1.46. The summed E-state index contributed by atoms with van der Waals surface area (Å²) in [7, 11) is 2.67. The maximum atomic E-state index is 11.9. The van der Waals surface area contributed by atoms with E-state index in [9.17, 15) is 9.59 Å². The number of methoxy groups -OCH3 is 1. The molecule has 0 radical (unpaired) electrons. The Morgan fingerprint density at radius 2 is 2.26 bits per heavy atom. The highest BCUT2D eigenvalue weighted by Gasteiger charge is 2.14. The van der Waals surface area contributed by atoms with Crippen LogP contribution in [0.4, 0.5) is 5.82 Å². The van der Waals surface area contributed by atoms with Crippen molar-refractivity contribution < 1.29 is 9.53 Å². The summed E-state index contributed by atoms with van der Waals surface area (Å²) in [6.07, 6.45) is 1.24. The van der Waals surface area contributed by atoms with E-state index in [2.05, 4.69) is 19.9 Å². The second-order valence-electron chi connectivity index (χ2n) is 3.49. The van der Waals surface area contributed by atoms with E-state index in [-0.39, 0.29) is 22.1 Å². The average molecular weight is 284 g/mol. The molecule has 1 rings (SSSR count). The minimum Gasteiger partial charge on any atom is -0.466 e. The zero-order valence-corrected chi connectivity index (χ0v) is 11.2. The Morgan fingerprint density at radius 3 is 2.79 bits per heavy atom. The zero-order chi connectivity index (χ0) is 14.6. The average Bonchev–Trinajstić information content (AvgIpc) is 2.38. The first-order valence-electron chi connectivity index (χ1n) is 5.00. The molecule has 1 aromatic rings. The van der Waals surface area contributed by atoms with Gasteiger partial charge in [-0.15, -0.1) is 0 Å². The summed E-state index contributed by atoms with van der Waals surface area (Å²) in [4.78, 5) is 25.8. The number of hydrogen-bond acceptors (Lipinski definition) is 5. The third-order valence-corrected chi connectivity index (χ3v) is 2.47. The smallest absolute Gasteiger partial charge is 0.333 e. The number of hydrogen-bond donors (Lipinski definition) is 0. The van der Waals surface area contributed by atoms with Gasteiger partial charge in [-0.05, 0) is 23.6 Å². The molecule has 0 N–H and O–H groups in total. The number of aromatic nitrogens is 2. The van der Waals surface area contributed by atoms with Gasteiger partial charge in [-0.2, -0.15) is 5.10 Å². The number of carbonyl (C=O) groups is 1. The highest BCUT2D eigenvalue weighted by atomic mass is 35.5. The van der Waals surface area contributed by atoms with Crippen molar-refractivity contribution in [1.82, 2.24) is 9.78 Å². The van der Waals surface area contributed by atoms with Crippen LogP contribution in [0, 0.1) is 0 Å². The third kappa shape index (κ3) is 3.12. The molecule has 0 saturated heterocycles. The summed E-state index contributed by atoms with van der Waals surface area (Å²) in [6, 6.07) is 0. The van der Waals surface area contributed by atoms with E-state index in [1.54, 1.807) is 0 Å². The minimum atomic E-state index is -0.634. The molecular weight excluding hydrogens is 274 g/mol. The summed E-state index contributed by atoms with van der Waals surface area (Å²) >= 11 is 5.66. The van der Waals surface area contributed by atoms with Gasteiger partial charge in [-0.3, -0.25) is 9.48 Å². The molecule has 0 bridgehead atoms. The van der Waals surface area contributed by atoms with Gasteiger partial charge in [-0.1, -0.05) is 11.6 Å². The van der Waals surface area contributed by atoms with Crippen LogP contribution in [0.2, 0.25) is 5.15 Å². The fourth-order valence-electron chi connectivity index (χ4n) is 1.34. The predicted octanol–water partition coefficient (Wildman–Crippen LogP) is 1.95. The van der Waals surface area contributed by atoms with E-state index in [1.165, 1.54) is 27.2 Å². The molecule has 0 aromatic carbocycles. The van der Waals surface area contributed by atoms with Crippen LogP contribution in [0.15, 0.2) is 15.5 Å². The normalized spacial score (nSPS) is 10.8. The molecule has 0 aliphatic rings.